The van der Waals surface area contributed by atoms with E-state index in [1.165, 1.54) is 13.3 Å². The van der Waals surface area contributed by atoms with E-state index in [0.29, 0.717) is 16.5 Å². The number of ether oxygens (including phenoxy) is 1. The van der Waals surface area contributed by atoms with Crippen LogP contribution in [0.4, 0.5) is 0 Å². The summed E-state index contributed by atoms with van der Waals surface area (Å²) in [5.41, 5.74) is 0.698. The van der Waals surface area contributed by atoms with Crippen molar-refractivity contribution in [1.82, 2.24) is 4.98 Å². The zero-order chi connectivity index (χ0) is 13.1. The van der Waals surface area contributed by atoms with E-state index in [1.54, 1.807) is 12.3 Å². The van der Waals surface area contributed by atoms with Crippen molar-refractivity contribution in [3.8, 4) is 5.75 Å². The molecule has 1 atom stereocenters. The summed E-state index contributed by atoms with van der Waals surface area (Å²) in [5.74, 6) is 0.470. The molecule has 0 N–H and O–H groups in total. The van der Waals surface area contributed by atoms with Gasteiger partial charge in [0.15, 0.2) is 10.9 Å². The van der Waals surface area contributed by atoms with E-state index >= 15 is 0 Å². The second-order valence-corrected chi connectivity index (χ2v) is 6.65. The highest BCUT2D eigenvalue weighted by Crippen LogP contribution is 2.21. The van der Waals surface area contributed by atoms with Gasteiger partial charge in [0.05, 0.1) is 11.9 Å². The van der Waals surface area contributed by atoms with E-state index in [1.807, 2.05) is 20.8 Å². The van der Waals surface area contributed by atoms with Crippen LogP contribution < -0.4 is 4.74 Å². The SMILES string of the molecule is COc1cc(/C=N/S(=O)C(C)(C)C)cnc1Cl. The van der Waals surface area contributed by atoms with Crippen LogP contribution in [-0.2, 0) is 11.0 Å². The summed E-state index contributed by atoms with van der Waals surface area (Å²) in [6, 6.07) is 1.69. The van der Waals surface area contributed by atoms with Crippen LogP contribution in [0.1, 0.15) is 26.3 Å². The molecule has 0 radical (unpaired) electrons. The van der Waals surface area contributed by atoms with Crippen LogP contribution in [0.3, 0.4) is 0 Å². The lowest BCUT2D eigenvalue weighted by Gasteiger charge is -2.12. The van der Waals surface area contributed by atoms with Gasteiger partial charge >= 0.3 is 0 Å². The first-order valence-electron chi connectivity index (χ1n) is 5.00. The summed E-state index contributed by atoms with van der Waals surface area (Å²) in [4.78, 5) is 3.94. The molecule has 1 aromatic rings. The van der Waals surface area contributed by atoms with E-state index < -0.39 is 11.0 Å². The van der Waals surface area contributed by atoms with Crippen molar-refractivity contribution in [1.29, 1.82) is 0 Å². The van der Waals surface area contributed by atoms with Gasteiger partial charge in [0, 0.05) is 18.0 Å². The third kappa shape index (κ3) is 4.09. The molecule has 0 spiro atoms. The Hall–Kier alpha value is -0.940. The third-order valence-electron chi connectivity index (χ3n) is 1.87. The third-order valence-corrected chi connectivity index (χ3v) is 3.50. The maximum atomic E-state index is 11.7. The molecule has 1 heterocycles. The second-order valence-electron chi connectivity index (χ2n) is 4.36. The van der Waals surface area contributed by atoms with Gasteiger partial charge < -0.3 is 4.74 Å². The summed E-state index contributed by atoms with van der Waals surface area (Å²) < 4.78 is 20.3. The lowest BCUT2D eigenvalue weighted by atomic mass is 10.3. The Kier molecular flexibility index (Phi) is 4.65. The molecule has 0 saturated heterocycles. The Morgan fingerprint density at radius 2 is 2.18 bits per heavy atom. The predicted octanol–water partition coefficient (Wildman–Crippen LogP) is 2.62. The van der Waals surface area contributed by atoms with Gasteiger partial charge in [-0.25, -0.2) is 9.19 Å². The lowest BCUT2D eigenvalue weighted by molar-refractivity contribution is 0.413. The highest BCUT2D eigenvalue weighted by molar-refractivity contribution is 7.85. The molecule has 1 unspecified atom stereocenters. The Bertz CT molecular complexity index is 455. The van der Waals surface area contributed by atoms with Crippen LogP contribution in [0.2, 0.25) is 5.15 Å². The topological polar surface area (TPSA) is 51.5 Å². The number of methoxy groups -OCH3 is 1. The zero-order valence-electron chi connectivity index (χ0n) is 10.2. The predicted molar refractivity (Wildman–Crippen MR) is 71.3 cm³/mol. The van der Waals surface area contributed by atoms with Crippen molar-refractivity contribution in [2.75, 3.05) is 7.11 Å². The van der Waals surface area contributed by atoms with Crippen molar-refractivity contribution in [2.24, 2.45) is 4.40 Å². The summed E-state index contributed by atoms with van der Waals surface area (Å²) in [5, 5.41) is 0.293. The van der Waals surface area contributed by atoms with E-state index in [4.69, 9.17) is 16.3 Å². The van der Waals surface area contributed by atoms with E-state index in [2.05, 4.69) is 9.38 Å². The molecule has 4 nitrogen and oxygen atoms in total. The zero-order valence-corrected chi connectivity index (χ0v) is 11.8. The van der Waals surface area contributed by atoms with Gasteiger partial charge in [-0.05, 0) is 26.8 Å². The standard InChI is InChI=1S/C11H15ClN2O2S/c1-11(2,3)17(15)14-7-8-5-9(16-4)10(12)13-6-8/h5-7H,1-4H3/b14-7+. The van der Waals surface area contributed by atoms with Gasteiger partial charge in [0.2, 0.25) is 0 Å². The highest BCUT2D eigenvalue weighted by Gasteiger charge is 2.18. The normalized spacial score (nSPS) is 13.9. The highest BCUT2D eigenvalue weighted by atomic mass is 35.5. The van der Waals surface area contributed by atoms with Crippen LogP contribution in [0.5, 0.6) is 5.75 Å². The fourth-order valence-electron chi connectivity index (χ4n) is 0.924. The molecule has 0 aliphatic carbocycles. The first-order valence-corrected chi connectivity index (χ1v) is 6.48. The number of hydrogen-bond acceptors (Lipinski definition) is 3. The Balaban J connectivity index is 2.89. The molecule has 0 bridgehead atoms. The van der Waals surface area contributed by atoms with Crippen molar-refractivity contribution >= 4 is 28.8 Å². The number of rotatable bonds is 3. The minimum absolute atomic E-state index is 0.293. The number of aromatic nitrogens is 1. The van der Waals surface area contributed by atoms with Gasteiger partial charge in [-0.3, -0.25) is 0 Å². The smallest absolute Gasteiger partial charge is 0.171 e. The maximum absolute atomic E-state index is 11.7. The fourth-order valence-corrected chi connectivity index (χ4v) is 1.64. The number of nitrogens with zero attached hydrogens (tertiary/aromatic N) is 2. The molecule has 94 valence electrons. The number of hydrogen-bond donors (Lipinski definition) is 0. The van der Waals surface area contributed by atoms with Crippen molar-refractivity contribution in [3.63, 3.8) is 0 Å². The average molecular weight is 275 g/mol. The molecule has 0 aliphatic rings. The van der Waals surface area contributed by atoms with Crippen molar-refractivity contribution in [3.05, 3.63) is 23.0 Å². The average Bonchev–Trinajstić information content (AvgIpc) is 2.26. The van der Waals surface area contributed by atoms with E-state index in [-0.39, 0.29) is 4.75 Å². The molecular formula is C11H15ClN2O2S. The van der Waals surface area contributed by atoms with Crippen LogP contribution in [0.25, 0.3) is 0 Å². The van der Waals surface area contributed by atoms with Gasteiger partial charge in [0.1, 0.15) is 11.0 Å². The van der Waals surface area contributed by atoms with Gasteiger partial charge in [-0.2, -0.15) is 4.40 Å². The van der Waals surface area contributed by atoms with Crippen LogP contribution in [0.15, 0.2) is 16.7 Å². The molecule has 1 rings (SSSR count). The van der Waals surface area contributed by atoms with Gasteiger partial charge in [0.25, 0.3) is 0 Å². The number of pyridine rings is 1. The van der Waals surface area contributed by atoms with Crippen LogP contribution in [0, 0.1) is 0 Å². The summed E-state index contributed by atoms with van der Waals surface area (Å²) in [7, 11) is 0.227. The molecule has 0 aliphatic heterocycles. The van der Waals surface area contributed by atoms with Crippen molar-refractivity contribution in [2.45, 2.75) is 25.5 Å². The van der Waals surface area contributed by atoms with Crippen LogP contribution >= 0.6 is 11.6 Å². The molecule has 0 saturated carbocycles. The largest absolute Gasteiger partial charge is 0.494 e. The van der Waals surface area contributed by atoms with Crippen molar-refractivity contribution < 1.29 is 8.95 Å². The first kappa shape index (κ1) is 14.1. The molecule has 0 aromatic carbocycles. The van der Waals surface area contributed by atoms with E-state index in [9.17, 15) is 4.21 Å². The minimum atomic E-state index is -1.28. The van der Waals surface area contributed by atoms with Gasteiger partial charge in [-0.15, -0.1) is 0 Å². The fraction of sp³-hybridized carbons (Fsp3) is 0.455. The Morgan fingerprint density at radius 1 is 1.53 bits per heavy atom. The maximum Gasteiger partial charge on any atom is 0.171 e. The number of halogens is 1. The summed E-state index contributed by atoms with van der Waals surface area (Å²) in [6.07, 6.45) is 3.06. The van der Waals surface area contributed by atoms with Crippen LogP contribution in [-0.4, -0.2) is 27.3 Å². The minimum Gasteiger partial charge on any atom is -0.494 e. The summed E-state index contributed by atoms with van der Waals surface area (Å²) in [6.45, 7) is 5.59. The molecule has 17 heavy (non-hydrogen) atoms. The first-order chi connectivity index (χ1) is 7.84. The quantitative estimate of drug-likeness (QED) is 0.629. The molecule has 0 amide bonds. The molecule has 1 aromatic heterocycles. The van der Waals surface area contributed by atoms with E-state index in [0.717, 1.165) is 0 Å². The Morgan fingerprint density at radius 3 is 2.71 bits per heavy atom. The molecule has 0 fully saturated rings. The second kappa shape index (κ2) is 5.60. The lowest BCUT2D eigenvalue weighted by Crippen LogP contribution is -2.19. The molecular weight excluding hydrogens is 260 g/mol. The van der Waals surface area contributed by atoms with Gasteiger partial charge in [-0.1, -0.05) is 11.6 Å². The molecule has 6 heteroatoms. The monoisotopic (exact) mass is 274 g/mol. The summed E-state index contributed by atoms with van der Waals surface area (Å²) >= 11 is 5.79. The Labute approximate surface area is 109 Å².